The Morgan fingerprint density at radius 2 is 2.00 bits per heavy atom. The first kappa shape index (κ1) is 17.5. The van der Waals surface area contributed by atoms with Gasteiger partial charge in [0.2, 0.25) is 5.91 Å². The van der Waals surface area contributed by atoms with Crippen LogP contribution in [-0.2, 0) is 4.79 Å². The largest absolute Gasteiger partial charge is 0.356 e. The summed E-state index contributed by atoms with van der Waals surface area (Å²) < 4.78 is 0. The zero-order valence-corrected chi connectivity index (χ0v) is 13.8. The Kier molecular flexibility index (Phi) is 9.13. The molecule has 0 bridgehead atoms. The van der Waals surface area contributed by atoms with Gasteiger partial charge in [-0.3, -0.25) is 9.79 Å². The van der Waals surface area contributed by atoms with Crippen LogP contribution in [0.1, 0.15) is 33.1 Å². The molecular weight excluding hydrogens is 343 g/mol. The molecular formula is C12H25IN4O. The number of carbonyl (C=O) groups excluding carboxylic acids is 1. The second-order valence-corrected chi connectivity index (χ2v) is 4.56. The Morgan fingerprint density at radius 3 is 2.50 bits per heavy atom. The Labute approximate surface area is 127 Å². The molecule has 3 N–H and O–H groups in total. The molecule has 0 aromatic carbocycles. The van der Waals surface area contributed by atoms with Crippen molar-refractivity contribution in [3.05, 3.63) is 0 Å². The van der Waals surface area contributed by atoms with Crippen molar-refractivity contribution in [1.82, 2.24) is 16.0 Å². The normalized spacial score (nSPS) is 21.8. The van der Waals surface area contributed by atoms with Crippen LogP contribution in [0.3, 0.4) is 0 Å². The minimum atomic E-state index is 0. The topological polar surface area (TPSA) is 65.5 Å². The Bertz CT molecular complexity index is 283. The summed E-state index contributed by atoms with van der Waals surface area (Å²) in [5.41, 5.74) is 0. The molecule has 2 unspecified atom stereocenters. The fraction of sp³-hybridized carbons (Fsp3) is 0.833. The van der Waals surface area contributed by atoms with Crippen molar-refractivity contribution in [3.63, 3.8) is 0 Å². The number of nitrogens with one attached hydrogen (secondary N) is 3. The lowest BCUT2D eigenvalue weighted by Gasteiger charge is -2.11. The highest BCUT2D eigenvalue weighted by Crippen LogP contribution is 2.28. The molecule has 2 atom stereocenters. The Hall–Kier alpha value is -0.530. The third-order valence-electron chi connectivity index (χ3n) is 2.87. The highest BCUT2D eigenvalue weighted by Gasteiger charge is 2.33. The van der Waals surface area contributed by atoms with Crippen LogP contribution in [0.25, 0.3) is 0 Å². The highest BCUT2D eigenvalue weighted by atomic mass is 127. The van der Waals surface area contributed by atoms with E-state index in [0.29, 0.717) is 19.0 Å². The van der Waals surface area contributed by atoms with E-state index >= 15 is 0 Å². The standard InChI is InChI=1S/C12H24N4O.HI/c1-4-6-14-11(17)5-7-15-12(13-3)16-10-8-9(10)2;/h9-10H,4-8H2,1-3H3,(H,14,17)(H2,13,15,16);1H. The molecule has 18 heavy (non-hydrogen) atoms. The number of hydrogen-bond donors (Lipinski definition) is 3. The average molecular weight is 368 g/mol. The molecule has 0 radical (unpaired) electrons. The van der Waals surface area contributed by atoms with E-state index in [2.05, 4.69) is 27.9 Å². The van der Waals surface area contributed by atoms with E-state index in [4.69, 9.17) is 0 Å². The molecule has 0 spiro atoms. The summed E-state index contributed by atoms with van der Waals surface area (Å²) in [5, 5.41) is 9.31. The molecule has 1 saturated carbocycles. The van der Waals surface area contributed by atoms with Crippen LogP contribution >= 0.6 is 24.0 Å². The zero-order valence-electron chi connectivity index (χ0n) is 11.5. The molecule has 0 aromatic heterocycles. The van der Waals surface area contributed by atoms with E-state index in [1.54, 1.807) is 7.05 Å². The molecule has 0 aliphatic heterocycles. The summed E-state index contributed by atoms with van der Waals surface area (Å²) in [7, 11) is 1.75. The first-order valence-electron chi connectivity index (χ1n) is 6.41. The van der Waals surface area contributed by atoms with Crippen LogP contribution in [-0.4, -0.2) is 38.0 Å². The summed E-state index contributed by atoms with van der Waals surface area (Å²) in [6.45, 7) is 5.63. The van der Waals surface area contributed by atoms with Crippen LogP contribution in [0.2, 0.25) is 0 Å². The number of hydrogen-bond acceptors (Lipinski definition) is 2. The lowest BCUT2D eigenvalue weighted by Crippen LogP contribution is -2.40. The van der Waals surface area contributed by atoms with E-state index in [1.165, 1.54) is 6.42 Å². The summed E-state index contributed by atoms with van der Waals surface area (Å²) in [6, 6.07) is 0.551. The minimum absolute atomic E-state index is 0. The maximum atomic E-state index is 11.3. The van der Waals surface area contributed by atoms with Crippen LogP contribution in [0.15, 0.2) is 4.99 Å². The van der Waals surface area contributed by atoms with Gasteiger partial charge < -0.3 is 16.0 Å². The fourth-order valence-electron chi connectivity index (χ4n) is 1.54. The van der Waals surface area contributed by atoms with Crippen molar-refractivity contribution in [3.8, 4) is 0 Å². The van der Waals surface area contributed by atoms with Crippen molar-refractivity contribution >= 4 is 35.8 Å². The first-order valence-corrected chi connectivity index (χ1v) is 6.41. The lowest BCUT2D eigenvalue weighted by molar-refractivity contribution is -0.120. The molecule has 0 heterocycles. The van der Waals surface area contributed by atoms with Crippen molar-refractivity contribution in [2.75, 3.05) is 20.1 Å². The van der Waals surface area contributed by atoms with Gasteiger partial charge in [0.05, 0.1) is 0 Å². The molecule has 6 heteroatoms. The number of nitrogens with zero attached hydrogens (tertiary/aromatic N) is 1. The zero-order chi connectivity index (χ0) is 12.7. The van der Waals surface area contributed by atoms with Crippen molar-refractivity contribution < 1.29 is 4.79 Å². The smallest absolute Gasteiger partial charge is 0.221 e. The lowest BCUT2D eigenvalue weighted by atomic mass is 10.4. The predicted octanol–water partition coefficient (Wildman–Crippen LogP) is 1.09. The monoisotopic (exact) mass is 368 g/mol. The highest BCUT2D eigenvalue weighted by molar-refractivity contribution is 14.0. The second kappa shape index (κ2) is 9.41. The van der Waals surface area contributed by atoms with Gasteiger partial charge in [-0.25, -0.2) is 0 Å². The van der Waals surface area contributed by atoms with Crippen molar-refractivity contribution in [2.45, 2.75) is 39.2 Å². The minimum Gasteiger partial charge on any atom is -0.356 e. The number of rotatable bonds is 6. The molecule has 1 rings (SSSR count). The number of aliphatic imine (C=N–C) groups is 1. The van der Waals surface area contributed by atoms with Gasteiger partial charge in [0.1, 0.15) is 0 Å². The number of amides is 1. The van der Waals surface area contributed by atoms with Crippen LogP contribution < -0.4 is 16.0 Å². The van der Waals surface area contributed by atoms with Crippen LogP contribution in [0.4, 0.5) is 0 Å². The number of carbonyl (C=O) groups is 1. The van der Waals surface area contributed by atoms with E-state index < -0.39 is 0 Å². The summed E-state index contributed by atoms with van der Waals surface area (Å²) in [4.78, 5) is 15.5. The Morgan fingerprint density at radius 1 is 1.33 bits per heavy atom. The molecule has 1 amide bonds. The van der Waals surface area contributed by atoms with E-state index in [-0.39, 0.29) is 29.9 Å². The SMILES string of the molecule is CCCNC(=O)CCNC(=NC)NC1CC1C.I. The number of guanidine groups is 1. The third-order valence-corrected chi connectivity index (χ3v) is 2.87. The van der Waals surface area contributed by atoms with E-state index in [0.717, 1.165) is 24.8 Å². The van der Waals surface area contributed by atoms with Crippen LogP contribution in [0, 0.1) is 5.92 Å². The van der Waals surface area contributed by atoms with Gasteiger partial charge in [-0.2, -0.15) is 0 Å². The van der Waals surface area contributed by atoms with Gasteiger partial charge >= 0.3 is 0 Å². The summed E-state index contributed by atoms with van der Waals surface area (Å²) in [5.74, 6) is 1.62. The van der Waals surface area contributed by atoms with Gasteiger partial charge in [0.25, 0.3) is 0 Å². The maximum Gasteiger partial charge on any atom is 0.221 e. The maximum absolute atomic E-state index is 11.3. The van der Waals surface area contributed by atoms with Gasteiger partial charge in [0, 0.05) is 32.6 Å². The van der Waals surface area contributed by atoms with Crippen molar-refractivity contribution in [2.24, 2.45) is 10.9 Å². The molecule has 106 valence electrons. The second-order valence-electron chi connectivity index (χ2n) is 4.56. The predicted molar refractivity (Wildman–Crippen MR) is 85.4 cm³/mol. The molecule has 5 nitrogen and oxygen atoms in total. The van der Waals surface area contributed by atoms with E-state index in [1.807, 2.05) is 6.92 Å². The van der Waals surface area contributed by atoms with E-state index in [9.17, 15) is 4.79 Å². The third kappa shape index (κ3) is 7.03. The Balaban J connectivity index is 0.00000289. The quantitative estimate of drug-likeness (QED) is 0.374. The first-order chi connectivity index (χ1) is 8.17. The number of halogens is 1. The molecule has 1 fully saturated rings. The van der Waals surface area contributed by atoms with Gasteiger partial charge in [-0.05, 0) is 18.8 Å². The molecule has 0 saturated heterocycles. The molecule has 0 aromatic rings. The van der Waals surface area contributed by atoms with Crippen LogP contribution in [0.5, 0.6) is 0 Å². The van der Waals surface area contributed by atoms with Gasteiger partial charge in [-0.15, -0.1) is 24.0 Å². The van der Waals surface area contributed by atoms with Gasteiger partial charge in [-0.1, -0.05) is 13.8 Å². The molecule has 1 aliphatic carbocycles. The summed E-state index contributed by atoms with van der Waals surface area (Å²) in [6.07, 6.45) is 2.67. The summed E-state index contributed by atoms with van der Waals surface area (Å²) >= 11 is 0. The average Bonchev–Trinajstić information content (AvgIpc) is 3.01. The molecule has 1 aliphatic rings. The van der Waals surface area contributed by atoms with Gasteiger partial charge in [0.15, 0.2) is 5.96 Å². The fourth-order valence-corrected chi connectivity index (χ4v) is 1.54. The van der Waals surface area contributed by atoms with Crippen molar-refractivity contribution in [1.29, 1.82) is 0 Å².